The van der Waals surface area contributed by atoms with Crippen molar-refractivity contribution in [2.24, 2.45) is 4.99 Å². The van der Waals surface area contributed by atoms with Gasteiger partial charge in [0.05, 0.1) is 10.5 Å². The number of sulfonamides is 1. The van der Waals surface area contributed by atoms with Crippen LogP contribution in [-0.2, 0) is 21.3 Å². The zero-order valence-corrected chi connectivity index (χ0v) is 18.8. The van der Waals surface area contributed by atoms with Crippen LogP contribution in [0.5, 0.6) is 0 Å². The van der Waals surface area contributed by atoms with Gasteiger partial charge in [-0.1, -0.05) is 18.2 Å². The van der Waals surface area contributed by atoms with Crippen LogP contribution >= 0.6 is 24.0 Å². The fourth-order valence-corrected chi connectivity index (χ4v) is 2.98. The standard InChI is InChI=1S/C16H28N4O3S.HI/c1-16(2,23-6)12-19-15(17-3)18-11-13-9-7-8-10-14(13)24(21,22)20(4)5;/h7-10H,11-12H2,1-6H3,(H2,17,18,19);1H. The molecule has 0 aliphatic heterocycles. The molecule has 0 spiro atoms. The summed E-state index contributed by atoms with van der Waals surface area (Å²) in [6.07, 6.45) is 0. The van der Waals surface area contributed by atoms with E-state index in [1.54, 1.807) is 32.4 Å². The normalized spacial score (nSPS) is 12.7. The second kappa shape index (κ2) is 10.3. The largest absolute Gasteiger partial charge is 0.377 e. The molecule has 0 saturated heterocycles. The quantitative estimate of drug-likeness (QED) is 0.350. The van der Waals surface area contributed by atoms with E-state index in [0.29, 0.717) is 24.6 Å². The van der Waals surface area contributed by atoms with Gasteiger partial charge in [-0.05, 0) is 25.5 Å². The topological polar surface area (TPSA) is 83.0 Å². The molecule has 1 aromatic carbocycles. The van der Waals surface area contributed by atoms with Gasteiger partial charge in [0.25, 0.3) is 0 Å². The fourth-order valence-electron chi connectivity index (χ4n) is 1.87. The zero-order valence-electron chi connectivity index (χ0n) is 15.7. The molecule has 0 aliphatic rings. The zero-order chi connectivity index (χ0) is 18.4. The molecular formula is C16H29IN4O3S. The lowest BCUT2D eigenvalue weighted by Crippen LogP contribution is -2.45. The summed E-state index contributed by atoms with van der Waals surface area (Å²) in [6, 6.07) is 6.93. The molecule has 0 heterocycles. The highest BCUT2D eigenvalue weighted by Crippen LogP contribution is 2.18. The van der Waals surface area contributed by atoms with Crippen LogP contribution in [-0.4, -0.2) is 59.1 Å². The van der Waals surface area contributed by atoms with Crippen LogP contribution in [0.1, 0.15) is 19.4 Å². The van der Waals surface area contributed by atoms with Gasteiger partial charge in [-0.3, -0.25) is 4.99 Å². The Morgan fingerprint density at radius 2 is 1.84 bits per heavy atom. The number of halogens is 1. The first-order valence-electron chi connectivity index (χ1n) is 7.64. The molecule has 1 rings (SSSR count). The Morgan fingerprint density at radius 3 is 2.36 bits per heavy atom. The van der Waals surface area contributed by atoms with E-state index in [1.165, 1.54) is 18.4 Å². The number of rotatable bonds is 7. The Bertz CT molecular complexity index is 676. The maximum absolute atomic E-state index is 12.4. The molecule has 144 valence electrons. The van der Waals surface area contributed by atoms with Crippen LogP contribution in [0, 0.1) is 0 Å². The van der Waals surface area contributed by atoms with Gasteiger partial charge in [-0.2, -0.15) is 0 Å². The van der Waals surface area contributed by atoms with Crippen molar-refractivity contribution in [3.8, 4) is 0 Å². The van der Waals surface area contributed by atoms with Gasteiger partial charge in [0.1, 0.15) is 0 Å². The highest BCUT2D eigenvalue weighted by molar-refractivity contribution is 14.0. The number of aliphatic imine (C=N–C) groups is 1. The molecule has 9 heteroatoms. The Kier molecular flexibility index (Phi) is 9.92. The molecule has 0 aliphatic carbocycles. The van der Waals surface area contributed by atoms with Gasteiger partial charge in [-0.25, -0.2) is 12.7 Å². The molecule has 1 aromatic rings. The van der Waals surface area contributed by atoms with E-state index in [4.69, 9.17) is 4.74 Å². The summed E-state index contributed by atoms with van der Waals surface area (Å²) in [5.74, 6) is 0.581. The molecule has 0 unspecified atom stereocenters. The maximum Gasteiger partial charge on any atom is 0.242 e. The van der Waals surface area contributed by atoms with E-state index in [2.05, 4.69) is 15.6 Å². The van der Waals surface area contributed by atoms with Gasteiger partial charge in [-0.15, -0.1) is 24.0 Å². The van der Waals surface area contributed by atoms with Crippen molar-refractivity contribution >= 4 is 40.0 Å². The van der Waals surface area contributed by atoms with Crippen LogP contribution in [0.2, 0.25) is 0 Å². The molecule has 0 saturated carbocycles. The first-order valence-corrected chi connectivity index (χ1v) is 9.08. The van der Waals surface area contributed by atoms with Crippen LogP contribution < -0.4 is 10.6 Å². The van der Waals surface area contributed by atoms with Crippen molar-refractivity contribution in [3.63, 3.8) is 0 Å². The van der Waals surface area contributed by atoms with Crippen molar-refractivity contribution in [3.05, 3.63) is 29.8 Å². The number of ether oxygens (including phenoxy) is 1. The molecule has 0 fully saturated rings. The van der Waals surface area contributed by atoms with E-state index in [9.17, 15) is 8.42 Å². The lowest BCUT2D eigenvalue weighted by Gasteiger charge is -2.24. The first-order chi connectivity index (χ1) is 11.1. The van der Waals surface area contributed by atoms with Crippen molar-refractivity contribution in [1.29, 1.82) is 0 Å². The fraction of sp³-hybridized carbons (Fsp3) is 0.562. The minimum atomic E-state index is -3.49. The summed E-state index contributed by atoms with van der Waals surface area (Å²) >= 11 is 0. The first kappa shape index (κ1) is 24.1. The van der Waals surface area contributed by atoms with E-state index in [1.807, 2.05) is 19.9 Å². The van der Waals surface area contributed by atoms with Crippen molar-refractivity contribution in [1.82, 2.24) is 14.9 Å². The van der Waals surface area contributed by atoms with Crippen LogP contribution in [0.25, 0.3) is 0 Å². The van der Waals surface area contributed by atoms with Gasteiger partial charge in [0.2, 0.25) is 10.0 Å². The van der Waals surface area contributed by atoms with E-state index in [-0.39, 0.29) is 34.5 Å². The predicted octanol–water partition coefficient (Wildman–Crippen LogP) is 1.64. The smallest absolute Gasteiger partial charge is 0.242 e. The Labute approximate surface area is 168 Å². The Morgan fingerprint density at radius 1 is 1.24 bits per heavy atom. The van der Waals surface area contributed by atoms with E-state index < -0.39 is 10.0 Å². The number of benzene rings is 1. The predicted molar refractivity (Wildman–Crippen MR) is 112 cm³/mol. The average Bonchev–Trinajstić information content (AvgIpc) is 2.55. The number of nitrogens with one attached hydrogen (secondary N) is 2. The number of nitrogens with zero attached hydrogens (tertiary/aromatic N) is 2. The summed E-state index contributed by atoms with van der Waals surface area (Å²) in [4.78, 5) is 4.43. The third-order valence-corrected chi connectivity index (χ3v) is 5.55. The maximum atomic E-state index is 12.4. The number of methoxy groups -OCH3 is 1. The molecule has 0 amide bonds. The third kappa shape index (κ3) is 7.08. The molecule has 0 aromatic heterocycles. The summed E-state index contributed by atoms with van der Waals surface area (Å²) < 4.78 is 31.4. The molecule has 0 radical (unpaired) electrons. The van der Waals surface area contributed by atoms with Gasteiger partial charge >= 0.3 is 0 Å². The Hall–Kier alpha value is -0.910. The summed E-state index contributed by atoms with van der Waals surface area (Å²) in [5, 5.41) is 6.30. The molecule has 7 nitrogen and oxygen atoms in total. The van der Waals surface area contributed by atoms with E-state index in [0.717, 1.165) is 0 Å². The number of hydrogen-bond acceptors (Lipinski definition) is 4. The van der Waals surface area contributed by atoms with Crippen LogP contribution in [0.4, 0.5) is 0 Å². The second-order valence-electron chi connectivity index (χ2n) is 6.14. The average molecular weight is 484 g/mol. The second-order valence-corrected chi connectivity index (χ2v) is 8.26. The highest BCUT2D eigenvalue weighted by atomic mass is 127. The highest BCUT2D eigenvalue weighted by Gasteiger charge is 2.21. The number of guanidine groups is 1. The molecule has 0 bridgehead atoms. The van der Waals surface area contributed by atoms with Gasteiger partial charge in [0.15, 0.2) is 5.96 Å². The van der Waals surface area contributed by atoms with Crippen molar-refractivity contribution < 1.29 is 13.2 Å². The minimum absolute atomic E-state index is 0. The molecule has 0 atom stereocenters. The number of hydrogen-bond donors (Lipinski definition) is 2. The lowest BCUT2D eigenvalue weighted by atomic mass is 10.1. The monoisotopic (exact) mass is 484 g/mol. The van der Waals surface area contributed by atoms with Crippen LogP contribution in [0.15, 0.2) is 34.2 Å². The van der Waals surface area contributed by atoms with Crippen LogP contribution in [0.3, 0.4) is 0 Å². The van der Waals surface area contributed by atoms with Crippen molar-refractivity contribution in [2.45, 2.75) is 30.9 Å². The summed E-state index contributed by atoms with van der Waals surface area (Å²) in [7, 11) is 2.87. The minimum Gasteiger partial charge on any atom is -0.377 e. The molecule has 2 N–H and O–H groups in total. The summed E-state index contributed by atoms with van der Waals surface area (Å²) in [6.45, 7) is 4.84. The lowest BCUT2D eigenvalue weighted by molar-refractivity contribution is 0.0268. The van der Waals surface area contributed by atoms with Gasteiger partial charge < -0.3 is 15.4 Å². The molecular weight excluding hydrogens is 455 g/mol. The van der Waals surface area contributed by atoms with Gasteiger partial charge in [0, 0.05) is 41.3 Å². The molecule has 25 heavy (non-hydrogen) atoms. The summed E-state index contributed by atoms with van der Waals surface area (Å²) in [5.41, 5.74) is 0.351. The van der Waals surface area contributed by atoms with Crippen molar-refractivity contribution in [2.75, 3.05) is 34.8 Å². The SMILES string of the molecule is CN=C(NCc1ccccc1S(=O)(=O)N(C)C)NCC(C)(C)OC.I. The van der Waals surface area contributed by atoms with E-state index >= 15 is 0 Å². The third-order valence-electron chi connectivity index (χ3n) is 3.64. The Balaban J connectivity index is 0.00000576.